The summed E-state index contributed by atoms with van der Waals surface area (Å²) in [7, 11) is 0. The summed E-state index contributed by atoms with van der Waals surface area (Å²) >= 11 is 0. The number of aromatic nitrogens is 3. The maximum absolute atomic E-state index is 5.74. The number of hydrogen-bond donors (Lipinski definition) is 0. The molecule has 4 bridgehead atoms. The number of rotatable bonds is 5. The van der Waals surface area contributed by atoms with Gasteiger partial charge in [-0.2, -0.15) is 0 Å². The van der Waals surface area contributed by atoms with Gasteiger partial charge in [-0.05, 0) is 136 Å². The molecule has 3 radical (unpaired) electrons. The van der Waals surface area contributed by atoms with E-state index in [1.54, 1.807) is 0 Å². The van der Waals surface area contributed by atoms with Gasteiger partial charge in [0.2, 0.25) is 0 Å². The fourth-order valence-corrected chi connectivity index (χ4v) is 11.3. The van der Waals surface area contributed by atoms with Crippen LogP contribution < -0.4 is 0 Å². The Morgan fingerprint density at radius 2 is 0.933 bits per heavy atom. The van der Waals surface area contributed by atoms with Crippen molar-refractivity contribution in [2.75, 3.05) is 0 Å². The van der Waals surface area contributed by atoms with E-state index in [4.69, 9.17) is 13.3 Å². The molecule has 0 atom stereocenters. The van der Waals surface area contributed by atoms with E-state index in [9.17, 15) is 0 Å². The van der Waals surface area contributed by atoms with Crippen LogP contribution >= 0.6 is 0 Å². The molecule has 3 aromatic carbocycles. The van der Waals surface area contributed by atoms with Gasteiger partial charge in [-0.25, -0.2) is 0 Å². The Morgan fingerprint density at radius 3 is 1.37 bits per heavy atom. The van der Waals surface area contributed by atoms with E-state index in [0.29, 0.717) is 23.2 Å². The average molecular weight is 1080 g/mol. The van der Waals surface area contributed by atoms with Crippen molar-refractivity contribution in [3.63, 3.8) is 0 Å². The third-order valence-corrected chi connectivity index (χ3v) is 14.2. The third-order valence-electron chi connectivity index (χ3n) is 14.2. The maximum atomic E-state index is 5.74. The molecule has 11 rings (SSSR count). The molecule has 60 heavy (non-hydrogen) atoms. The molecular formula is C51H64N3O3Rh3-3. The van der Waals surface area contributed by atoms with Crippen molar-refractivity contribution in [2.24, 2.45) is 17.8 Å². The fraction of sp³-hybridized carbons (Fsp3) is 0.588. The molecule has 5 aliphatic carbocycles. The van der Waals surface area contributed by atoms with Gasteiger partial charge in [-0.3, -0.25) is 0 Å². The SMILES string of the molecule is CC(C)c1cc(C(C)(C)C)c2o[c-]nc2c1.CC(C)c1cc(C2(C)CCCCC2)c2o[c-]nc2c1.CC(C)c1cc(C23CC4CC(CC(C4)C2)C3)c2o[c-]nc2c1.[Rh].[Rh].[Rh]. The van der Waals surface area contributed by atoms with Gasteiger partial charge in [0.15, 0.2) is 0 Å². The molecule has 5 fully saturated rings. The van der Waals surface area contributed by atoms with Gasteiger partial charge < -0.3 is 28.2 Å². The minimum absolute atomic E-state index is 0. The standard InChI is InChI=1S/C20H24NO.C17H22NO.C14H18NO.3Rh/c1-12(2)16-6-17(19-18(7-16)21-11-22-19)20-8-13-3-14(9-20)5-15(4-13)10-20;1-12(2)13-9-14(16-15(10-13)18-11-19-16)17(3)7-5-4-6-8-17;1-9(2)10-6-11(14(3,4)5)13-12(7-10)15-8-16-13;;;/h6-7,12-15H,3-5,8-10H2,1-2H3;9-10,12H,4-8H2,1-3H3;6-7,9H,1-5H3;;;/q3*-1;;;. The second kappa shape index (κ2) is 19.4. The van der Waals surface area contributed by atoms with Crippen LogP contribution in [0.25, 0.3) is 33.3 Å². The van der Waals surface area contributed by atoms with Gasteiger partial charge >= 0.3 is 0 Å². The van der Waals surface area contributed by atoms with Crippen LogP contribution in [0, 0.1) is 36.9 Å². The van der Waals surface area contributed by atoms with E-state index < -0.39 is 0 Å². The predicted octanol–water partition coefficient (Wildman–Crippen LogP) is 14.2. The molecule has 6 nitrogen and oxygen atoms in total. The molecule has 331 valence electrons. The summed E-state index contributed by atoms with van der Waals surface area (Å²) < 4.78 is 16.7. The van der Waals surface area contributed by atoms with Gasteiger partial charge in [0.1, 0.15) is 19.2 Å². The first-order chi connectivity index (χ1) is 27.1. The van der Waals surface area contributed by atoms with Gasteiger partial charge in [-0.15, -0.1) is 0 Å². The van der Waals surface area contributed by atoms with Gasteiger partial charge in [0.05, 0.1) is 0 Å². The van der Waals surface area contributed by atoms with Crippen LogP contribution in [-0.2, 0) is 74.7 Å². The fourth-order valence-electron chi connectivity index (χ4n) is 11.3. The molecule has 0 unspecified atom stereocenters. The number of fused-ring (bicyclic) bond motifs is 3. The van der Waals surface area contributed by atoms with E-state index in [1.165, 1.54) is 104 Å². The first kappa shape index (κ1) is 49.0. The summed E-state index contributed by atoms with van der Waals surface area (Å²) in [4.78, 5) is 12.8. The molecule has 0 spiro atoms. The molecule has 3 aromatic heterocycles. The minimum atomic E-state index is 0. The summed E-state index contributed by atoms with van der Waals surface area (Å²) in [5.41, 5.74) is 14.5. The van der Waals surface area contributed by atoms with Crippen LogP contribution in [0.5, 0.6) is 0 Å². The van der Waals surface area contributed by atoms with Gasteiger partial charge in [0, 0.05) is 58.4 Å². The first-order valence-corrected chi connectivity index (χ1v) is 22.1. The van der Waals surface area contributed by atoms with Crippen LogP contribution in [-0.4, -0.2) is 15.0 Å². The number of oxazole rings is 3. The summed E-state index contributed by atoms with van der Waals surface area (Å²) in [6.07, 6.45) is 23.1. The second-order valence-corrected chi connectivity index (χ2v) is 20.7. The number of nitrogens with zero attached hydrogens (tertiary/aromatic N) is 3. The summed E-state index contributed by atoms with van der Waals surface area (Å²) in [6, 6.07) is 13.5. The normalized spacial score (nSPS) is 22.9. The minimum Gasteiger partial charge on any atom is -0.573 e. The largest absolute Gasteiger partial charge is 0.573 e. The Kier molecular flexibility index (Phi) is 15.8. The average Bonchev–Trinajstić information content (AvgIpc) is 3.94. The second-order valence-electron chi connectivity index (χ2n) is 20.7. The van der Waals surface area contributed by atoms with E-state index in [1.807, 2.05) is 0 Å². The van der Waals surface area contributed by atoms with Crippen molar-refractivity contribution < 1.29 is 71.7 Å². The quantitative estimate of drug-likeness (QED) is 0.126. The molecule has 6 aromatic rings. The van der Waals surface area contributed by atoms with Crippen LogP contribution in [0.2, 0.25) is 0 Å². The zero-order valence-electron chi connectivity index (χ0n) is 37.3. The van der Waals surface area contributed by atoms with E-state index in [-0.39, 0.29) is 69.3 Å². The molecule has 9 heteroatoms. The molecule has 0 N–H and O–H groups in total. The summed E-state index contributed by atoms with van der Waals surface area (Å²) in [6.45, 7) is 22.3. The van der Waals surface area contributed by atoms with E-state index in [0.717, 1.165) is 51.1 Å². The molecule has 5 aliphatic rings. The maximum Gasteiger partial charge on any atom is 0.103 e. The Balaban J connectivity index is 0.000000169. The molecule has 3 heterocycles. The number of hydrogen-bond acceptors (Lipinski definition) is 6. The van der Waals surface area contributed by atoms with Gasteiger partial charge in [0.25, 0.3) is 0 Å². The van der Waals surface area contributed by atoms with Crippen LogP contribution in [0.1, 0.15) is 191 Å². The van der Waals surface area contributed by atoms with Crippen molar-refractivity contribution in [1.29, 1.82) is 0 Å². The van der Waals surface area contributed by atoms with Crippen molar-refractivity contribution >= 4 is 33.3 Å². The van der Waals surface area contributed by atoms with E-state index >= 15 is 0 Å². The van der Waals surface area contributed by atoms with Gasteiger partial charge in [-0.1, -0.05) is 158 Å². The topological polar surface area (TPSA) is 78.1 Å². The third kappa shape index (κ3) is 9.85. The Labute approximate surface area is 397 Å². The Hall–Kier alpha value is -2.06. The molecular weight excluding hydrogens is 1010 g/mol. The molecule has 0 aliphatic heterocycles. The first-order valence-electron chi connectivity index (χ1n) is 22.1. The summed E-state index contributed by atoms with van der Waals surface area (Å²) in [5.74, 6) is 4.42. The van der Waals surface area contributed by atoms with Crippen molar-refractivity contribution in [3.05, 3.63) is 89.0 Å². The van der Waals surface area contributed by atoms with Crippen LogP contribution in [0.3, 0.4) is 0 Å². The Morgan fingerprint density at radius 1 is 0.550 bits per heavy atom. The van der Waals surface area contributed by atoms with Crippen molar-refractivity contribution in [1.82, 2.24) is 15.0 Å². The molecule has 0 amide bonds. The molecule has 5 saturated carbocycles. The Bertz CT molecular complexity index is 2300. The van der Waals surface area contributed by atoms with Crippen LogP contribution in [0.15, 0.2) is 49.6 Å². The smallest absolute Gasteiger partial charge is 0.103 e. The predicted molar refractivity (Wildman–Crippen MR) is 230 cm³/mol. The molecule has 0 saturated heterocycles. The zero-order valence-corrected chi connectivity index (χ0v) is 42.2. The summed E-state index contributed by atoms with van der Waals surface area (Å²) in [5, 5.41) is 0. The zero-order chi connectivity index (χ0) is 40.3. The van der Waals surface area contributed by atoms with E-state index in [2.05, 4.69) is 140 Å². The van der Waals surface area contributed by atoms with Crippen molar-refractivity contribution in [3.8, 4) is 0 Å². The van der Waals surface area contributed by atoms with Crippen molar-refractivity contribution in [2.45, 2.75) is 174 Å². The monoisotopic (exact) mass is 1080 g/mol. The number of benzene rings is 3. The van der Waals surface area contributed by atoms with Crippen LogP contribution in [0.4, 0.5) is 0 Å².